The topological polar surface area (TPSA) is 9.23 Å². The molecule has 20 heavy (non-hydrogen) atoms. The molecule has 0 amide bonds. The normalized spacial score (nSPS) is 9.70. The maximum Gasteiger partial charge on any atom is 0.135 e. The summed E-state index contributed by atoms with van der Waals surface area (Å²) in [6, 6.07) is 16.1. The van der Waals surface area contributed by atoms with Gasteiger partial charge in [0.25, 0.3) is 0 Å². The molecule has 1 nitrogen and oxygen atoms in total. The molecule has 0 radical (unpaired) electrons. The predicted octanol–water partition coefficient (Wildman–Crippen LogP) is 4.55. The summed E-state index contributed by atoms with van der Waals surface area (Å²) >= 11 is 5.63. The highest BCUT2D eigenvalue weighted by Crippen LogP contribution is 2.19. The second kappa shape index (κ2) is 7.62. The molecular weight excluding hydrogens is 268 g/mol. The first-order valence-electron chi connectivity index (χ1n) is 6.62. The molecule has 0 spiro atoms. The third kappa shape index (κ3) is 4.05. The summed E-state index contributed by atoms with van der Waals surface area (Å²) < 4.78 is 5.90. The molecule has 0 N–H and O–H groups in total. The third-order valence-electron chi connectivity index (χ3n) is 2.97. The Morgan fingerprint density at radius 2 is 1.80 bits per heavy atom. The van der Waals surface area contributed by atoms with E-state index in [2.05, 4.69) is 30.9 Å². The molecule has 0 saturated heterocycles. The van der Waals surface area contributed by atoms with Crippen LogP contribution < -0.4 is 4.74 Å². The van der Waals surface area contributed by atoms with E-state index in [0.29, 0.717) is 18.9 Å². The van der Waals surface area contributed by atoms with Crippen LogP contribution in [-0.4, -0.2) is 5.88 Å². The molecule has 2 heteroatoms. The first-order chi connectivity index (χ1) is 9.81. The zero-order chi connectivity index (χ0) is 14.2. The lowest BCUT2D eigenvalue weighted by atomic mass is 10.1. The Morgan fingerprint density at radius 3 is 2.60 bits per heavy atom. The highest BCUT2D eigenvalue weighted by molar-refractivity contribution is 6.18. The molecule has 2 aromatic rings. The van der Waals surface area contributed by atoms with Gasteiger partial charge < -0.3 is 4.74 Å². The number of rotatable bonds is 4. The Labute approximate surface area is 125 Å². The summed E-state index contributed by atoms with van der Waals surface area (Å²) in [5.74, 6) is 7.52. The summed E-state index contributed by atoms with van der Waals surface area (Å²) in [6.07, 6.45) is 0.688. The molecule has 0 aliphatic carbocycles. The number of alkyl halides is 1. The second-order valence-electron chi connectivity index (χ2n) is 4.45. The van der Waals surface area contributed by atoms with Gasteiger partial charge in [0.1, 0.15) is 12.4 Å². The summed E-state index contributed by atoms with van der Waals surface area (Å²) in [4.78, 5) is 0. The van der Waals surface area contributed by atoms with E-state index in [0.717, 1.165) is 11.3 Å². The molecule has 0 aliphatic heterocycles. The predicted molar refractivity (Wildman–Crippen MR) is 84.2 cm³/mol. The lowest BCUT2D eigenvalue weighted by Gasteiger charge is -2.10. The van der Waals surface area contributed by atoms with Gasteiger partial charge in [-0.15, -0.1) is 11.6 Å². The number of benzene rings is 2. The van der Waals surface area contributed by atoms with E-state index in [4.69, 9.17) is 16.3 Å². The van der Waals surface area contributed by atoms with Crippen molar-refractivity contribution in [3.8, 4) is 17.6 Å². The Bertz CT molecular complexity index is 623. The molecule has 0 aliphatic rings. The number of aryl methyl sites for hydroxylation is 1. The van der Waals surface area contributed by atoms with Crippen molar-refractivity contribution in [1.82, 2.24) is 0 Å². The second-order valence-corrected chi connectivity index (χ2v) is 4.83. The van der Waals surface area contributed by atoms with Crippen molar-refractivity contribution in [1.29, 1.82) is 0 Å². The molecule has 0 bridgehead atoms. The van der Waals surface area contributed by atoms with E-state index < -0.39 is 0 Å². The van der Waals surface area contributed by atoms with Crippen LogP contribution in [0, 0.1) is 18.8 Å². The Hall–Kier alpha value is -1.91. The minimum absolute atomic E-state index is 0.555. The molecule has 0 fully saturated rings. The number of halogens is 1. The fourth-order valence-corrected chi connectivity index (χ4v) is 1.92. The minimum Gasteiger partial charge on any atom is -0.488 e. The van der Waals surface area contributed by atoms with E-state index in [9.17, 15) is 0 Å². The summed E-state index contributed by atoms with van der Waals surface area (Å²) in [5.41, 5.74) is 3.33. The van der Waals surface area contributed by atoms with Gasteiger partial charge >= 0.3 is 0 Å². The van der Waals surface area contributed by atoms with Crippen LogP contribution in [-0.2, 0) is 6.61 Å². The van der Waals surface area contributed by atoms with E-state index in [1.807, 2.05) is 36.4 Å². The van der Waals surface area contributed by atoms with Crippen molar-refractivity contribution in [2.24, 2.45) is 0 Å². The lowest BCUT2D eigenvalue weighted by Crippen LogP contribution is -1.99. The van der Waals surface area contributed by atoms with Gasteiger partial charge in [0.2, 0.25) is 0 Å². The maximum atomic E-state index is 5.90. The van der Waals surface area contributed by atoms with Crippen LogP contribution in [0.15, 0.2) is 48.5 Å². The average Bonchev–Trinajstić information content (AvgIpc) is 2.48. The zero-order valence-corrected chi connectivity index (χ0v) is 12.3. The summed E-state index contributed by atoms with van der Waals surface area (Å²) in [6.45, 7) is 2.64. The molecule has 0 saturated carbocycles. The van der Waals surface area contributed by atoms with Crippen LogP contribution in [0.5, 0.6) is 5.75 Å². The van der Waals surface area contributed by atoms with E-state index >= 15 is 0 Å². The number of hydrogen-bond donors (Lipinski definition) is 0. The summed E-state index contributed by atoms with van der Waals surface area (Å²) in [5, 5.41) is 0. The van der Waals surface area contributed by atoms with E-state index in [1.54, 1.807) is 0 Å². The van der Waals surface area contributed by atoms with Crippen molar-refractivity contribution >= 4 is 11.6 Å². The van der Waals surface area contributed by atoms with Gasteiger partial charge in [-0.05, 0) is 30.2 Å². The fourth-order valence-electron chi connectivity index (χ4n) is 1.83. The van der Waals surface area contributed by atoms with Crippen molar-refractivity contribution in [3.63, 3.8) is 0 Å². The van der Waals surface area contributed by atoms with Gasteiger partial charge in [0.05, 0.1) is 5.56 Å². The van der Waals surface area contributed by atoms with Crippen molar-refractivity contribution < 1.29 is 4.74 Å². The Morgan fingerprint density at radius 1 is 1.05 bits per heavy atom. The SMILES string of the molecule is Cc1ccccc1COc1ccccc1C#CCCCl. The molecule has 0 heterocycles. The first kappa shape index (κ1) is 14.5. The first-order valence-corrected chi connectivity index (χ1v) is 7.16. The van der Waals surface area contributed by atoms with Crippen LogP contribution in [0.3, 0.4) is 0 Å². The molecule has 2 rings (SSSR count). The number of ether oxygens (including phenoxy) is 1. The average molecular weight is 285 g/mol. The van der Waals surface area contributed by atoms with Crippen molar-refractivity contribution in [3.05, 3.63) is 65.2 Å². The summed E-state index contributed by atoms with van der Waals surface area (Å²) in [7, 11) is 0. The molecular formula is C18H17ClO. The van der Waals surface area contributed by atoms with Crippen LogP contribution in [0.25, 0.3) is 0 Å². The van der Waals surface area contributed by atoms with Gasteiger partial charge in [-0.2, -0.15) is 0 Å². The maximum absolute atomic E-state index is 5.90. The molecule has 0 atom stereocenters. The zero-order valence-electron chi connectivity index (χ0n) is 11.5. The Kier molecular flexibility index (Phi) is 5.53. The largest absolute Gasteiger partial charge is 0.488 e. The van der Waals surface area contributed by atoms with Crippen LogP contribution in [0.2, 0.25) is 0 Å². The highest BCUT2D eigenvalue weighted by Gasteiger charge is 2.02. The Balaban J connectivity index is 2.10. The monoisotopic (exact) mass is 284 g/mol. The smallest absolute Gasteiger partial charge is 0.135 e. The molecule has 2 aromatic carbocycles. The fraction of sp³-hybridized carbons (Fsp3) is 0.222. The lowest BCUT2D eigenvalue weighted by molar-refractivity contribution is 0.304. The van der Waals surface area contributed by atoms with Gasteiger partial charge in [-0.3, -0.25) is 0 Å². The van der Waals surface area contributed by atoms with Gasteiger partial charge in [0.15, 0.2) is 0 Å². The van der Waals surface area contributed by atoms with Crippen LogP contribution in [0.4, 0.5) is 0 Å². The molecule has 0 unspecified atom stereocenters. The third-order valence-corrected chi connectivity index (χ3v) is 3.16. The van der Waals surface area contributed by atoms with Crippen LogP contribution in [0.1, 0.15) is 23.1 Å². The quantitative estimate of drug-likeness (QED) is 0.591. The van der Waals surface area contributed by atoms with Crippen molar-refractivity contribution in [2.45, 2.75) is 20.0 Å². The highest BCUT2D eigenvalue weighted by atomic mass is 35.5. The standard InChI is InChI=1S/C18H17ClO/c1-15-8-2-3-11-17(15)14-20-18-12-5-4-9-16(18)10-6-7-13-19/h2-5,8-9,11-12H,7,13-14H2,1H3. The molecule has 0 aromatic heterocycles. The van der Waals surface area contributed by atoms with Crippen LogP contribution >= 0.6 is 11.6 Å². The number of hydrogen-bond acceptors (Lipinski definition) is 1. The van der Waals surface area contributed by atoms with Gasteiger partial charge in [-0.25, -0.2) is 0 Å². The molecule has 102 valence electrons. The minimum atomic E-state index is 0.555. The number of para-hydroxylation sites is 1. The van der Waals surface area contributed by atoms with Gasteiger partial charge in [-0.1, -0.05) is 48.2 Å². The van der Waals surface area contributed by atoms with E-state index in [-0.39, 0.29) is 0 Å². The van der Waals surface area contributed by atoms with Crippen molar-refractivity contribution in [2.75, 3.05) is 5.88 Å². The van der Waals surface area contributed by atoms with Gasteiger partial charge in [0, 0.05) is 12.3 Å². The van der Waals surface area contributed by atoms with E-state index in [1.165, 1.54) is 11.1 Å².